The third-order valence-electron chi connectivity index (χ3n) is 4.52. The molecule has 6 heteroatoms. The summed E-state index contributed by atoms with van der Waals surface area (Å²) < 4.78 is 15.8. The Kier molecular flexibility index (Phi) is 7.44. The summed E-state index contributed by atoms with van der Waals surface area (Å²) in [5, 5.41) is 2.91. The lowest BCUT2D eigenvalue weighted by Gasteiger charge is -2.16. The molecule has 0 spiro atoms. The van der Waals surface area contributed by atoms with Crippen LogP contribution in [0.15, 0.2) is 36.4 Å². The van der Waals surface area contributed by atoms with Crippen LogP contribution in [-0.4, -0.2) is 33.0 Å². The van der Waals surface area contributed by atoms with Crippen LogP contribution < -0.4 is 19.5 Å². The summed E-state index contributed by atoms with van der Waals surface area (Å²) in [6, 6.07) is 10.7. The minimum atomic E-state index is -0.226. The highest BCUT2D eigenvalue weighted by Gasteiger charge is 2.16. The molecule has 1 amide bonds. The summed E-state index contributed by atoms with van der Waals surface area (Å²) in [7, 11) is 4.66. The molecule has 0 radical (unpaired) electrons. The Morgan fingerprint density at radius 1 is 0.893 bits per heavy atom. The molecule has 0 aromatic heterocycles. The molecule has 0 fully saturated rings. The van der Waals surface area contributed by atoms with Crippen molar-refractivity contribution in [2.75, 3.05) is 21.3 Å². The van der Waals surface area contributed by atoms with E-state index in [9.17, 15) is 9.59 Å². The fourth-order valence-electron chi connectivity index (χ4n) is 2.92. The number of aryl methyl sites for hydroxylation is 1. The van der Waals surface area contributed by atoms with Crippen LogP contribution in [0.2, 0.25) is 0 Å². The lowest BCUT2D eigenvalue weighted by atomic mass is 10.0. The van der Waals surface area contributed by atoms with E-state index in [1.54, 1.807) is 32.4 Å². The van der Waals surface area contributed by atoms with Crippen LogP contribution in [0.25, 0.3) is 0 Å². The van der Waals surface area contributed by atoms with Crippen LogP contribution in [-0.2, 0) is 4.79 Å². The molecule has 0 heterocycles. The van der Waals surface area contributed by atoms with Crippen molar-refractivity contribution >= 4 is 11.7 Å². The van der Waals surface area contributed by atoms with Gasteiger partial charge < -0.3 is 19.5 Å². The molecule has 1 N–H and O–H groups in total. The molecule has 0 bridgehead atoms. The summed E-state index contributed by atoms with van der Waals surface area (Å²) in [6.45, 7) is 3.79. The number of methoxy groups -OCH3 is 3. The first kappa shape index (κ1) is 21.3. The topological polar surface area (TPSA) is 73.9 Å². The van der Waals surface area contributed by atoms with E-state index in [2.05, 4.69) is 5.32 Å². The average Bonchev–Trinajstić information content (AvgIpc) is 2.71. The molecule has 1 unspecified atom stereocenters. The van der Waals surface area contributed by atoms with Crippen molar-refractivity contribution in [2.45, 2.75) is 32.7 Å². The number of nitrogens with one attached hydrogen (secondary N) is 1. The van der Waals surface area contributed by atoms with Gasteiger partial charge in [0, 0.05) is 12.8 Å². The maximum Gasteiger partial charge on any atom is 0.220 e. The molecule has 2 rings (SSSR count). The highest BCUT2D eigenvalue weighted by Crippen LogP contribution is 2.30. The van der Waals surface area contributed by atoms with Gasteiger partial charge in [0.2, 0.25) is 5.91 Å². The van der Waals surface area contributed by atoms with Gasteiger partial charge in [-0.2, -0.15) is 0 Å². The number of carbonyl (C=O) groups is 2. The first-order valence-corrected chi connectivity index (χ1v) is 9.08. The van der Waals surface area contributed by atoms with Gasteiger partial charge >= 0.3 is 0 Å². The number of Topliss-reactive ketones (excluding diaryl/α,β-unsaturated/α-hetero) is 1. The summed E-state index contributed by atoms with van der Waals surface area (Å²) in [6.07, 6.45) is 0.220. The molecule has 1 atom stereocenters. The Morgan fingerprint density at radius 2 is 1.54 bits per heavy atom. The molecule has 2 aromatic carbocycles. The first-order valence-electron chi connectivity index (χ1n) is 9.08. The Bertz CT molecular complexity index is 847. The Balaban J connectivity index is 1.97. The van der Waals surface area contributed by atoms with E-state index in [-0.39, 0.29) is 30.6 Å². The van der Waals surface area contributed by atoms with Crippen LogP contribution in [0, 0.1) is 6.92 Å². The first-order chi connectivity index (χ1) is 13.4. The van der Waals surface area contributed by atoms with Gasteiger partial charge in [0.15, 0.2) is 17.3 Å². The molecule has 0 aliphatic rings. The molecular formula is C22H27NO5. The third-order valence-corrected chi connectivity index (χ3v) is 4.52. The number of carbonyl (C=O) groups excluding carboxylic acids is 2. The van der Waals surface area contributed by atoms with Crippen LogP contribution in [0.1, 0.15) is 47.3 Å². The minimum absolute atomic E-state index is 0.105. The molecule has 0 aliphatic carbocycles. The summed E-state index contributed by atoms with van der Waals surface area (Å²) in [5.74, 6) is 1.44. The second-order valence-corrected chi connectivity index (χ2v) is 6.53. The second-order valence-electron chi connectivity index (χ2n) is 6.53. The smallest absolute Gasteiger partial charge is 0.220 e. The van der Waals surface area contributed by atoms with E-state index in [0.29, 0.717) is 22.8 Å². The van der Waals surface area contributed by atoms with E-state index in [0.717, 1.165) is 11.1 Å². The van der Waals surface area contributed by atoms with Crippen LogP contribution >= 0.6 is 0 Å². The van der Waals surface area contributed by atoms with E-state index in [1.807, 2.05) is 32.0 Å². The Morgan fingerprint density at radius 3 is 2.18 bits per heavy atom. The molecule has 0 aliphatic heterocycles. The zero-order valence-corrected chi connectivity index (χ0v) is 17.0. The number of amides is 1. The minimum Gasteiger partial charge on any atom is -0.496 e. The van der Waals surface area contributed by atoms with Gasteiger partial charge in [-0.25, -0.2) is 0 Å². The van der Waals surface area contributed by atoms with Gasteiger partial charge in [-0.3, -0.25) is 9.59 Å². The SMILES string of the molecule is COc1ccc(C(C)NC(=O)CCC(=O)c2cc(C)ccc2OC)cc1OC. The van der Waals surface area contributed by atoms with Crippen molar-refractivity contribution in [3.63, 3.8) is 0 Å². The predicted molar refractivity (Wildman–Crippen MR) is 107 cm³/mol. The summed E-state index contributed by atoms with van der Waals surface area (Å²) in [5.41, 5.74) is 2.36. The van der Waals surface area contributed by atoms with E-state index in [4.69, 9.17) is 14.2 Å². The molecule has 0 saturated heterocycles. The van der Waals surface area contributed by atoms with Crippen molar-refractivity contribution in [3.8, 4) is 17.2 Å². The van der Waals surface area contributed by atoms with Crippen molar-refractivity contribution < 1.29 is 23.8 Å². The third kappa shape index (κ3) is 5.25. The second kappa shape index (κ2) is 9.78. The highest BCUT2D eigenvalue weighted by atomic mass is 16.5. The van der Waals surface area contributed by atoms with E-state index in [1.165, 1.54) is 7.11 Å². The fraction of sp³-hybridized carbons (Fsp3) is 0.364. The number of benzene rings is 2. The molecule has 28 heavy (non-hydrogen) atoms. The predicted octanol–water partition coefficient (Wildman–Crippen LogP) is 3.86. The molecule has 150 valence electrons. The number of rotatable bonds is 9. The van der Waals surface area contributed by atoms with Gasteiger partial charge in [0.25, 0.3) is 0 Å². The highest BCUT2D eigenvalue weighted by molar-refractivity contribution is 6.00. The number of ketones is 1. The van der Waals surface area contributed by atoms with Gasteiger partial charge in [0.1, 0.15) is 5.75 Å². The zero-order valence-electron chi connectivity index (χ0n) is 17.0. The maximum atomic E-state index is 12.5. The van der Waals surface area contributed by atoms with Crippen molar-refractivity contribution in [3.05, 3.63) is 53.1 Å². The monoisotopic (exact) mass is 385 g/mol. The van der Waals surface area contributed by atoms with Crippen molar-refractivity contribution in [2.24, 2.45) is 0 Å². The largest absolute Gasteiger partial charge is 0.496 e. The lowest BCUT2D eigenvalue weighted by Crippen LogP contribution is -2.27. The van der Waals surface area contributed by atoms with Crippen LogP contribution in [0.4, 0.5) is 0 Å². The average molecular weight is 385 g/mol. The lowest BCUT2D eigenvalue weighted by molar-refractivity contribution is -0.121. The Labute approximate surface area is 165 Å². The van der Waals surface area contributed by atoms with E-state index >= 15 is 0 Å². The number of ether oxygens (including phenoxy) is 3. The van der Waals surface area contributed by atoms with Crippen LogP contribution in [0.5, 0.6) is 17.2 Å². The maximum absolute atomic E-state index is 12.5. The molecule has 6 nitrogen and oxygen atoms in total. The van der Waals surface area contributed by atoms with Gasteiger partial charge in [-0.1, -0.05) is 17.7 Å². The number of hydrogen-bond donors (Lipinski definition) is 1. The molecule has 2 aromatic rings. The van der Waals surface area contributed by atoms with Crippen LogP contribution in [0.3, 0.4) is 0 Å². The normalized spacial score (nSPS) is 11.5. The Hall–Kier alpha value is -3.02. The number of hydrogen-bond acceptors (Lipinski definition) is 5. The van der Waals surface area contributed by atoms with Gasteiger partial charge in [0.05, 0.1) is 32.9 Å². The zero-order chi connectivity index (χ0) is 20.7. The van der Waals surface area contributed by atoms with E-state index < -0.39 is 0 Å². The van der Waals surface area contributed by atoms with Gasteiger partial charge in [-0.05, 0) is 43.7 Å². The van der Waals surface area contributed by atoms with Gasteiger partial charge in [-0.15, -0.1) is 0 Å². The molecule has 0 saturated carbocycles. The summed E-state index contributed by atoms with van der Waals surface area (Å²) >= 11 is 0. The quantitative estimate of drug-likeness (QED) is 0.664. The standard InChI is InChI=1S/C22H27NO5/c1-14-6-9-19(26-3)17(12-14)18(24)8-11-22(25)23-15(2)16-7-10-20(27-4)21(13-16)28-5/h6-7,9-10,12-13,15H,8,11H2,1-5H3,(H,23,25). The summed E-state index contributed by atoms with van der Waals surface area (Å²) in [4.78, 5) is 24.8. The van der Waals surface area contributed by atoms with Crippen molar-refractivity contribution in [1.82, 2.24) is 5.32 Å². The molecular weight excluding hydrogens is 358 g/mol. The van der Waals surface area contributed by atoms with Crippen molar-refractivity contribution in [1.29, 1.82) is 0 Å². The fourth-order valence-corrected chi connectivity index (χ4v) is 2.92.